The first-order valence-corrected chi connectivity index (χ1v) is 7.20. The van der Waals surface area contributed by atoms with Gasteiger partial charge in [-0.05, 0) is 55.1 Å². The van der Waals surface area contributed by atoms with E-state index in [1.165, 1.54) is 17.7 Å². The lowest BCUT2D eigenvalue weighted by Gasteiger charge is -2.23. The maximum absolute atomic E-state index is 12.8. The molecule has 114 valence electrons. The Labute approximate surface area is 123 Å². The van der Waals surface area contributed by atoms with Crippen molar-refractivity contribution in [3.8, 4) is 0 Å². The summed E-state index contributed by atoms with van der Waals surface area (Å²) in [5, 5.41) is 3.44. The second-order valence-electron chi connectivity index (χ2n) is 5.33. The Bertz CT molecular complexity index is 556. The van der Waals surface area contributed by atoms with Gasteiger partial charge < -0.3 is 5.32 Å². The summed E-state index contributed by atoms with van der Waals surface area (Å²) in [4.78, 5) is 0. The first kappa shape index (κ1) is 15.8. The fraction of sp³-hybridized carbons (Fsp3) is 0.412. The Hall–Kier alpha value is -1.55. The first-order chi connectivity index (χ1) is 9.93. The molecule has 0 amide bonds. The van der Waals surface area contributed by atoms with Gasteiger partial charge in [0.1, 0.15) is 0 Å². The molecule has 1 aromatic carbocycles. The largest absolute Gasteiger partial charge is 0.416 e. The molecule has 0 bridgehead atoms. The second-order valence-corrected chi connectivity index (χ2v) is 5.33. The van der Waals surface area contributed by atoms with E-state index in [0.29, 0.717) is 5.56 Å². The van der Waals surface area contributed by atoms with Crippen LogP contribution in [0.2, 0.25) is 0 Å². The number of halogens is 3. The molecule has 1 atom stereocenters. The summed E-state index contributed by atoms with van der Waals surface area (Å²) in [7, 11) is 0. The van der Waals surface area contributed by atoms with Crippen LogP contribution in [-0.2, 0) is 6.18 Å². The molecule has 2 rings (SSSR count). The van der Waals surface area contributed by atoms with Gasteiger partial charge in [0.15, 0.2) is 0 Å². The topological polar surface area (TPSA) is 12.0 Å². The van der Waals surface area contributed by atoms with E-state index in [2.05, 4.69) is 18.3 Å². The smallest absolute Gasteiger partial charge is 0.307 e. The lowest BCUT2D eigenvalue weighted by Crippen LogP contribution is -2.24. The molecule has 0 heterocycles. The van der Waals surface area contributed by atoms with Crippen molar-refractivity contribution in [2.24, 2.45) is 0 Å². The maximum atomic E-state index is 12.8. The number of benzene rings is 1. The van der Waals surface area contributed by atoms with Crippen LogP contribution in [0.3, 0.4) is 0 Å². The predicted octanol–water partition coefficient (Wildman–Crippen LogP) is 4.94. The van der Waals surface area contributed by atoms with Crippen LogP contribution in [0, 0.1) is 6.92 Å². The van der Waals surface area contributed by atoms with Gasteiger partial charge in [-0.3, -0.25) is 0 Å². The molecular weight excluding hydrogens is 275 g/mol. The van der Waals surface area contributed by atoms with E-state index in [1.54, 1.807) is 13.0 Å². The van der Waals surface area contributed by atoms with Crippen molar-refractivity contribution in [2.45, 2.75) is 38.9 Å². The Morgan fingerprint density at radius 3 is 2.57 bits per heavy atom. The van der Waals surface area contributed by atoms with Crippen LogP contribution < -0.4 is 5.32 Å². The van der Waals surface area contributed by atoms with Crippen molar-refractivity contribution < 1.29 is 13.2 Å². The van der Waals surface area contributed by atoms with Crippen LogP contribution in [0.1, 0.15) is 42.5 Å². The van der Waals surface area contributed by atoms with Crippen molar-refractivity contribution in [1.29, 1.82) is 0 Å². The van der Waals surface area contributed by atoms with Crippen molar-refractivity contribution >= 4 is 0 Å². The van der Waals surface area contributed by atoms with E-state index >= 15 is 0 Å². The molecule has 1 unspecified atom stereocenters. The third kappa shape index (κ3) is 3.76. The summed E-state index contributed by atoms with van der Waals surface area (Å²) in [5.41, 5.74) is 2.21. The van der Waals surface area contributed by atoms with Gasteiger partial charge in [-0.2, -0.15) is 13.2 Å². The Morgan fingerprint density at radius 2 is 2.05 bits per heavy atom. The van der Waals surface area contributed by atoms with Crippen LogP contribution in [0.4, 0.5) is 13.2 Å². The van der Waals surface area contributed by atoms with Gasteiger partial charge in [-0.15, -0.1) is 0 Å². The lowest BCUT2D eigenvalue weighted by molar-refractivity contribution is -0.137. The molecule has 0 aromatic heterocycles. The number of hydrogen-bond acceptors (Lipinski definition) is 1. The number of rotatable bonds is 5. The average molecular weight is 295 g/mol. The molecule has 0 spiro atoms. The van der Waals surface area contributed by atoms with Gasteiger partial charge in [-0.25, -0.2) is 0 Å². The summed E-state index contributed by atoms with van der Waals surface area (Å²) >= 11 is 0. The highest BCUT2D eigenvalue weighted by Crippen LogP contribution is 2.34. The maximum Gasteiger partial charge on any atom is 0.416 e. The van der Waals surface area contributed by atoms with Gasteiger partial charge in [-0.1, -0.05) is 31.2 Å². The Morgan fingerprint density at radius 1 is 1.29 bits per heavy atom. The summed E-state index contributed by atoms with van der Waals surface area (Å²) in [6.07, 6.45) is 3.65. The highest BCUT2D eigenvalue weighted by Gasteiger charge is 2.31. The van der Waals surface area contributed by atoms with Crippen LogP contribution >= 0.6 is 0 Å². The highest BCUT2D eigenvalue weighted by atomic mass is 19.4. The summed E-state index contributed by atoms with van der Waals surface area (Å²) in [6.45, 7) is 4.65. The number of aryl methyl sites for hydroxylation is 1. The molecule has 0 saturated heterocycles. The molecule has 1 aliphatic carbocycles. The van der Waals surface area contributed by atoms with Crippen molar-refractivity contribution in [3.05, 3.63) is 58.7 Å². The molecule has 0 saturated carbocycles. The zero-order valence-corrected chi connectivity index (χ0v) is 12.3. The van der Waals surface area contributed by atoms with E-state index < -0.39 is 11.7 Å². The Balaban J connectivity index is 2.31. The number of nitrogens with one attached hydrogen (secondary N) is 1. The minimum Gasteiger partial charge on any atom is -0.307 e. The van der Waals surface area contributed by atoms with E-state index in [0.717, 1.165) is 24.9 Å². The van der Waals surface area contributed by atoms with Gasteiger partial charge in [0, 0.05) is 0 Å². The normalized spacial score (nSPS) is 16.1. The molecule has 0 fully saturated rings. The van der Waals surface area contributed by atoms with Crippen molar-refractivity contribution in [1.82, 2.24) is 5.32 Å². The zero-order chi connectivity index (χ0) is 15.5. The molecule has 0 radical (unpaired) electrons. The average Bonchev–Trinajstić information content (AvgIpc) is 2.93. The molecule has 21 heavy (non-hydrogen) atoms. The van der Waals surface area contributed by atoms with E-state index in [1.807, 2.05) is 12.2 Å². The molecule has 1 nitrogen and oxygen atoms in total. The monoisotopic (exact) mass is 295 g/mol. The third-order valence-electron chi connectivity index (χ3n) is 3.68. The minimum atomic E-state index is -4.29. The molecule has 4 heteroatoms. The SMILES string of the molecule is CCCNC(C1=CC=CC1)c1ccc(C(F)(F)F)cc1C. The summed E-state index contributed by atoms with van der Waals surface area (Å²) < 4.78 is 38.3. The minimum absolute atomic E-state index is 0.0118. The van der Waals surface area contributed by atoms with E-state index in [9.17, 15) is 13.2 Å². The van der Waals surface area contributed by atoms with Crippen LogP contribution in [-0.4, -0.2) is 6.54 Å². The quantitative estimate of drug-likeness (QED) is 0.811. The first-order valence-electron chi connectivity index (χ1n) is 7.20. The Kier molecular flexibility index (Phi) is 4.88. The van der Waals surface area contributed by atoms with Gasteiger partial charge in [0.25, 0.3) is 0 Å². The zero-order valence-electron chi connectivity index (χ0n) is 12.3. The number of hydrogen-bond donors (Lipinski definition) is 1. The van der Waals surface area contributed by atoms with Gasteiger partial charge in [0.05, 0.1) is 11.6 Å². The molecule has 1 aliphatic rings. The van der Waals surface area contributed by atoms with Crippen molar-refractivity contribution in [2.75, 3.05) is 6.54 Å². The van der Waals surface area contributed by atoms with E-state index in [4.69, 9.17) is 0 Å². The summed E-state index contributed by atoms with van der Waals surface area (Å²) in [6, 6.07) is 4.00. The second kappa shape index (κ2) is 6.48. The predicted molar refractivity (Wildman–Crippen MR) is 79.1 cm³/mol. The fourth-order valence-electron chi connectivity index (χ4n) is 2.58. The number of alkyl halides is 3. The fourth-order valence-corrected chi connectivity index (χ4v) is 2.58. The van der Waals surface area contributed by atoms with Crippen molar-refractivity contribution in [3.63, 3.8) is 0 Å². The van der Waals surface area contributed by atoms with Crippen LogP contribution in [0.5, 0.6) is 0 Å². The van der Waals surface area contributed by atoms with Gasteiger partial charge >= 0.3 is 6.18 Å². The highest BCUT2D eigenvalue weighted by molar-refractivity contribution is 5.41. The van der Waals surface area contributed by atoms with E-state index in [-0.39, 0.29) is 6.04 Å². The van der Waals surface area contributed by atoms with Crippen LogP contribution in [0.25, 0.3) is 0 Å². The van der Waals surface area contributed by atoms with Crippen LogP contribution in [0.15, 0.2) is 42.0 Å². The molecule has 0 aliphatic heterocycles. The molecule has 1 N–H and O–H groups in total. The molecular formula is C17H20F3N. The molecule has 1 aromatic rings. The standard InChI is InChI=1S/C17H20F3N/c1-3-10-21-16(13-6-4-5-7-13)15-9-8-14(11-12(15)2)17(18,19)20/h4-6,8-9,11,16,21H,3,7,10H2,1-2H3. The van der Waals surface area contributed by atoms with Gasteiger partial charge in [0.2, 0.25) is 0 Å². The number of allylic oxidation sites excluding steroid dienone is 3. The summed E-state index contributed by atoms with van der Waals surface area (Å²) in [5.74, 6) is 0. The lowest BCUT2D eigenvalue weighted by atomic mass is 9.92. The third-order valence-corrected chi connectivity index (χ3v) is 3.68.